The van der Waals surface area contributed by atoms with Gasteiger partial charge >= 0.3 is 10.1 Å². The van der Waals surface area contributed by atoms with E-state index in [0.717, 1.165) is 0 Å². The molecule has 0 aliphatic rings. The standard InChI is InChI=1S/C22H21Cl2NO5S2/c1-14(2)25(22(26)21-5-4-10-31-21)13-15-6-9-19(29-3)20(11-15)30-32(27,28)16-7-8-17(23)18(24)12-16/h4-12,14H,13H2,1-3H3. The van der Waals surface area contributed by atoms with Gasteiger partial charge in [0.2, 0.25) is 0 Å². The summed E-state index contributed by atoms with van der Waals surface area (Å²) in [7, 11) is -2.79. The summed E-state index contributed by atoms with van der Waals surface area (Å²) >= 11 is 13.2. The largest absolute Gasteiger partial charge is 0.493 e. The molecule has 0 aliphatic carbocycles. The molecule has 32 heavy (non-hydrogen) atoms. The Morgan fingerprint density at radius 1 is 1.06 bits per heavy atom. The van der Waals surface area contributed by atoms with Crippen molar-refractivity contribution in [2.45, 2.75) is 31.3 Å². The Balaban J connectivity index is 1.91. The molecule has 3 rings (SSSR count). The molecule has 0 saturated heterocycles. The highest BCUT2D eigenvalue weighted by Crippen LogP contribution is 2.33. The first-order chi connectivity index (χ1) is 15.1. The minimum atomic E-state index is -4.20. The molecule has 0 spiro atoms. The van der Waals surface area contributed by atoms with Crippen LogP contribution in [0.2, 0.25) is 10.0 Å². The fraction of sp³-hybridized carbons (Fsp3) is 0.227. The summed E-state index contributed by atoms with van der Waals surface area (Å²) < 4.78 is 36.2. The average Bonchev–Trinajstić information content (AvgIpc) is 3.28. The molecule has 0 unspecified atom stereocenters. The molecule has 0 fully saturated rings. The molecular weight excluding hydrogens is 493 g/mol. The van der Waals surface area contributed by atoms with Crippen LogP contribution in [-0.4, -0.2) is 32.4 Å². The van der Waals surface area contributed by atoms with Gasteiger partial charge in [-0.2, -0.15) is 8.42 Å². The van der Waals surface area contributed by atoms with Crippen LogP contribution >= 0.6 is 34.5 Å². The molecular formula is C22H21Cl2NO5S2. The molecule has 10 heteroatoms. The summed E-state index contributed by atoms with van der Waals surface area (Å²) in [5, 5.41) is 2.17. The zero-order chi connectivity index (χ0) is 23.5. The Kier molecular flexibility index (Phi) is 7.71. The molecule has 0 bridgehead atoms. The van der Waals surface area contributed by atoms with E-state index in [1.165, 1.54) is 36.6 Å². The second kappa shape index (κ2) is 10.1. The quantitative estimate of drug-likeness (QED) is 0.351. The normalized spacial score (nSPS) is 11.4. The fourth-order valence-electron chi connectivity index (χ4n) is 2.91. The van der Waals surface area contributed by atoms with Crippen LogP contribution in [0.4, 0.5) is 0 Å². The maximum atomic E-state index is 12.9. The summed E-state index contributed by atoms with van der Waals surface area (Å²) in [5.74, 6) is 0.137. The van der Waals surface area contributed by atoms with Gasteiger partial charge in [0.05, 0.1) is 22.0 Å². The van der Waals surface area contributed by atoms with Crippen LogP contribution in [0.15, 0.2) is 58.8 Å². The van der Waals surface area contributed by atoms with Gasteiger partial charge < -0.3 is 13.8 Å². The Bertz CT molecular complexity index is 1210. The van der Waals surface area contributed by atoms with Crippen molar-refractivity contribution < 1.29 is 22.1 Å². The number of benzene rings is 2. The molecule has 2 aromatic carbocycles. The van der Waals surface area contributed by atoms with E-state index in [1.54, 1.807) is 29.2 Å². The minimum Gasteiger partial charge on any atom is -0.493 e. The molecule has 0 radical (unpaired) electrons. The van der Waals surface area contributed by atoms with Crippen LogP contribution in [0.5, 0.6) is 11.5 Å². The molecule has 6 nitrogen and oxygen atoms in total. The van der Waals surface area contributed by atoms with Crippen LogP contribution in [0.25, 0.3) is 0 Å². The summed E-state index contributed by atoms with van der Waals surface area (Å²) in [5.41, 5.74) is 0.684. The van der Waals surface area contributed by atoms with E-state index in [2.05, 4.69) is 0 Å². The number of hydrogen-bond acceptors (Lipinski definition) is 6. The smallest absolute Gasteiger partial charge is 0.339 e. The third-order valence-corrected chi connectivity index (χ3v) is 7.40. The van der Waals surface area contributed by atoms with Crippen molar-refractivity contribution in [1.29, 1.82) is 0 Å². The van der Waals surface area contributed by atoms with Gasteiger partial charge in [0.15, 0.2) is 11.5 Å². The van der Waals surface area contributed by atoms with Crippen LogP contribution in [0.3, 0.4) is 0 Å². The summed E-state index contributed by atoms with van der Waals surface area (Å²) in [6, 6.07) is 12.3. The second-order valence-electron chi connectivity index (χ2n) is 7.10. The van der Waals surface area contributed by atoms with Gasteiger partial charge in [0.25, 0.3) is 5.91 Å². The van der Waals surface area contributed by atoms with E-state index < -0.39 is 10.1 Å². The minimum absolute atomic E-state index is 0.00310. The van der Waals surface area contributed by atoms with Gasteiger partial charge in [0, 0.05) is 12.6 Å². The molecule has 0 N–H and O–H groups in total. The fourth-order valence-corrected chi connectivity index (χ4v) is 4.91. The third kappa shape index (κ3) is 5.56. The van der Waals surface area contributed by atoms with Crippen LogP contribution in [0, 0.1) is 0 Å². The van der Waals surface area contributed by atoms with Gasteiger partial charge in [-0.15, -0.1) is 11.3 Å². The zero-order valence-corrected chi connectivity index (χ0v) is 20.7. The van der Waals surface area contributed by atoms with E-state index in [4.69, 9.17) is 32.1 Å². The number of carbonyl (C=O) groups is 1. The Morgan fingerprint density at radius 2 is 1.81 bits per heavy atom. The van der Waals surface area contributed by atoms with E-state index in [0.29, 0.717) is 10.4 Å². The summed E-state index contributed by atoms with van der Waals surface area (Å²) in [6.07, 6.45) is 0. The van der Waals surface area contributed by atoms with Crippen molar-refractivity contribution in [3.8, 4) is 11.5 Å². The Hall–Kier alpha value is -2.26. The maximum Gasteiger partial charge on any atom is 0.339 e. The molecule has 0 aliphatic heterocycles. The van der Waals surface area contributed by atoms with E-state index >= 15 is 0 Å². The number of methoxy groups -OCH3 is 1. The Labute approximate surface area is 201 Å². The lowest BCUT2D eigenvalue weighted by Crippen LogP contribution is -2.36. The van der Waals surface area contributed by atoms with Gasteiger partial charge in [-0.25, -0.2) is 0 Å². The van der Waals surface area contributed by atoms with Gasteiger partial charge in [0.1, 0.15) is 4.90 Å². The molecule has 1 aromatic heterocycles. The molecule has 1 heterocycles. The molecule has 1 amide bonds. The first-order valence-electron chi connectivity index (χ1n) is 9.53. The van der Waals surface area contributed by atoms with E-state index in [9.17, 15) is 13.2 Å². The zero-order valence-electron chi connectivity index (χ0n) is 17.5. The van der Waals surface area contributed by atoms with Crippen LogP contribution < -0.4 is 8.92 Å². The monoisotopic (exact) mass is 513 g/mol. The van der Waals surface area contributed by atoms with Gasteiger partial charge in [-0.1, -0.05) is 35.3 Å². The number of rotatable bonds is 8. The molecule has 0 atom stereocenters. The van der Waals surface area contributed by atoms with Crippen LogP contribution in [-0.2, 0) is 16.7 Å². The maximum absolute atomic E-state index is 12.9. The lowest BCUT2D eigenvalue weighted by atomic mass is 10.1. The predicted octanol–water partition coefficient (Wildman–Crippen LogP) is 5.88. The number of halogens is 2. The number of hydrogen-bond donors (Lipinski definition) is 0. The lowest BCUT2D eigenvalue weighted by molar-refractivity contribution is 0.0695. The van der Waals surface area contributed by atoms with Gasteiger partial charge in [-0.05, 0) is 61.2 Å². The van der Waals surface area contributed by atoms with E-state index in [-0.39, 0.29) is 44.9 Å². The highest BCUT2D eigenvalue weighted by Gasteiger charge is 2.23. The molecule has 0 saturated carbocycles. The van der Waals surface area contributed by atoms with E-state index in [1.807, 2.05) is 25.3 Å². The summed E-state index contributed by atoms with van der Waals surface area (Å²) in [6.45, 7) is 4.10. The topological polar surface area (TPSA) is 72.9 Å². The summed E-state index contributed by atoms with van der Waals surface area (Å²) in [4.78, 5) is 15.1. The van der Waals surface area contributed by atoms with Crippen molar-refractivity contribution in [3.63, 3.8) is 0 Å². The first-order valence-corrected chi connectivity index (χ1v) is 12.6. The number of amides is 1. The van der Waals surface area contributed by atoms with Crippen molar-refractivity contribution in [2.24, 2.45) is 0 Å². The average molecular weight is 514 g/mol. The van der Waals surface area contributed by atoms with Crippen molar-refractivity contribution in [3.05, 3.63) is 74.4 Å². The number of carbonyl (C=O) groups excluding carboxylic acids is 1. The Morgan fingerprint density at radius 3 is 2.41 bits per heavy atom. The van der Waals surface area contributed by atoms with Crippen LogP contribution in [0.1, 0.15) is 29.1 Å². The van der Waals surface area contributed by atoms with Crippen molar-refractivity contribution >= 4 is 50.6 Å². The highest BCUT2D eigenvalue weighted by atomic mass is 35.5. The number of thiophene rings is 1. The van der Waals surface area contributed by atoms with Crippen molar-refractivity contribution in [2.75, 3.05) is 7.11 Å². The number of ether oxygens (including phenoxy) is 1. The van der Waals surface area contributed by atoms with Gasteiger partial charge in [-0.3, -0.25) is 4.79 Å². The first kappa shape index (κ1) is 24.4. The predicted molar refractivity (Wildman–Crippen MR) is 127 cm³/mol. The second-order valence-corrected chi connectivity index (χ2v) is 10.4. The number of nitrogens with zero attached hydrogens (tertiary/aromatic N) is 1. The molecule has 3 aromatic rings. The SMILES string of the molecule is COc1ccc(CN(C(=O)c2cccs2)C(C)C)cc1OS(=O)(=O)c1ccc(Cl)c(Cl)c1. The lowest BCUT2D eigenvalue weighted by Gasteiger charge is -2.26. The van der Waals surface area contributed by atoms with Crippen molar-refractivity contribution in [1.82, 2.24) is 4.90 Å². The third-order valence-electron chi connectivity index (χ3n) is 4.58. The molecule has 170 valence electrons. The highest BCUT2D eigenvalue weighted by molar-refractivity contribution is 7.87.